The van der Waals surface area contributed by atoms with Crippen LogP contribution in [0.3, 0.4) is 0 Å². The van der Waals surface area contributed by atoms with E-state index >= 15 is 0 Å². The highest BCUT2D eigenvalue weighted by Crippen LogP contribution is 1.75. The molecule has 0 rings (SSSR count). The van der Waals surface area contributed by atoms with Gasteiger partial charge in [-0.1, -0.05) is 6.92 Å². The molecule has 0 fully saturated rings. The average molecular weight is 85.1 g/mol. The maximum absolute atomic E-state index is 7.61. The highest BCUT2D eigenvalue weighted by atomic mass is 16.6. The van der Waals surface area contributed by atoms with Gasteiger partial charge in [-0.15, -0.1) is 0 Å². The predicted octanol–water partition coefficient (Wildman–Crippen LogP) is 0.910. The van der Waals surface area contributed by atoms with Gasteiger partial charge in [0, 0.05) is 0 Å². The fraction of sp³-hybridized carbons (Fsp3) is 0.500. The Morgan fingerprint density at radius 1 is 1.83 bits per heavy atom. The van der Waals surface area contributed by atoms with E-state index in [4.69, 9.17) is 5.90 Å². The van der Waals surface area contributed by atoms with Gasteiger partial charge in [-0.2, -0.15) is 0 Å². The van der Waals surface area contributed by atoms with E-state index in [1.54, 1.807) is 6.08 Å². The van der Waals surface area contributed by atoms with E-state index in [2.05, 4.69) is 4.84 Å². The van der Waals surface area contributed by atoms with E-state index in [0.29, 0.717) is 0 Å². The summed E-state index contributed by atoms with van der Waals surface area (Å²) in [4.78, 5) is 3.60. The zero-order chi connectivity index (χ0) is 4.83. The highest BCUT2D eigenvalue weighted by molar-refractivity contribution is 4.68. The zero-order valence-electron chi connectivity index (χ0n) is 3.72. The lowest BCUT2D eigenvalue weighted by atomic mass is 10.5. The van der Waals surface area contributed by atoms with Gasteiger partial charge in [0.1, 0.15) is 12.2 Å². The average Bonchev–Trinajstić information content (AvgIpc) is 1.61. The minimum Gasteiger partial charge on any atom is -0.376 e. The molecule has 0 aromatic heterocycles. The van der Waals surface area contributed by atoms with E-state index in [-0.39, 0.29) is 0 Å². The van der Waals surface area contributed by atoms with Crippen molar-refractivity contribution in [1.82, 2.24) is 5.90 Å². The molecule has 0 saturated carbocycles. The predicted molar refractivity (Wildman–Crippen MR) is 22.6 cm³/mol. The van der Waals surface area contributed by atoms with Gasteiger partial charge in [-0.25, -0.2) is 0 Å². The maximum Gasteiger partial charge on any atom is 0.111 e. The van der Waals surface area contributed by atoms with Crippen LogP contribution in [0.2, 0.25) is 0 Å². The molecule has 0 bridgehead atoms. The Bertz CT molecular complexity index is 36.8. The van der Waals surface area contributed by atoms with Crippen LogP contribution < -0.4 is 5.90 Å². The van der Waals surface area contributed by atoms with Crippen LogP contribution in [-0.2, 0) is 4.84 Å². The second kappa shape index (κ2) is 4.50. The maximum atomic E-state index is 7.61. The van der Waals surface area contributed by atoms with Crippen molar-refractivity contribution in [3.8, 4) is 0 Å². The van der Waals surface area contributed by atoms with Crippen molar-refractivity contribution in [3.05, 3.63) is 12.3 Å². The minimum atomic E-state index is 0.889. The molecule has 0 heterocycles. The Kier molecular flexibility index (Phi) is 4.12. The van der Waals surface area contributed by atoms with Crippen molar-refractivity contribution < 1.29 is 4.84 Å². The molecular formula is C4H7NO. The summed E-state index contributed by atoms with van der Waals surface area (Å²) < 4.78 is 0. The molecule has 0 N–H and O–H groups in total. The third-order valence-corrected chi connectivity index (χ3v) is 0.393. The number of nitrogens with zero attached hydrogens (tertiary/aromatic N) is 1. The first-order valence-electron chi connectivity index (χ1n) is 1.87. The fourth-order valence-electron chi connectivity index (χ4n) is 0.139. The van der Waals surface area contributed by atoms with Gasteiger partial charge in [-0.05, 0) is 12.5 Å². The highest BCUT2D eigenvalue weighted by Gasteiger charge is 1.61. The van der Waals surface area contributed by atoms with Crippen LogP contribution in [0.4, 0.5) is 0 Å². The molecule has 2 heteroatoms. The minimum absolute atomic E-state index is 0.889. The van der Waals surface area contributed by atoms with Gasteiger partial charge in [0.15, 0.2) is 0 Å². The molecular weight excluding hydrogens is 78.0 g/mol. The molecule has 0 unspecified atom stereocenters. The topological polar surface area (TPSA) is 31.5 Å². The van der Waals surface area contributed by atoms with Crippen LogP contribution in [0, 0.1) is 0 Å². The molecule has 2 nitrogen and oxygen atoms in total. The molecule has 6 heavy (non-hydrogen) atoms. The van der Waals surface area contributed by atoms with Crippen molar-refractivity contribution in [2.24, 2.45) is 0 Å². The first-order valence-corrected chi connectivity index (χ1v) is 1.87. The van der Waals surface area contributed by atoms with Crippen LogP contribution in [0.25, 0.3) is 0 Å². The van der Waals surface area contributed by atoms with Crippen molar-refractivity contribution in [2.45, 2.75) is 13.3 Å². The molecule has 0 atom stereocenters. The van der Waals surface area contributed by atoms with E-state index in [1.807, 2.05) is 6.92 Å². The number of rotatable bonds is 2. The van der Waals surface area contributed by atoms with E-state index in [0.717, 1.165) is 6.42 Å². The molecule has 0 spiro atoms. The van der Waals surface area contributed by atoms with Crippen LogP contribution >= 0.6 is 0 Å². The van der Waals surface area contributed by atoms with E-state index < -0.39 is 0 Å². The SMILES string of the molecule is CC/C=C/O[N]. The van der Waals surface area contributed by atoms with E-state index in [9.17, 15) is 0 Å². The smallest absolute Gasteiger partial charge is 0.111 e. The lowest BCUT2D eigenvalue weighted by Gasteiger charge is -1.74. The molecule has 34 valence electrons. The van der Waals surface area contributed by atoms with Crippen molar-refractivity contribution in [3.63, 3.8) is 0 Å². The quantitative estimate of drug-likeness (QED) is 0.362. The molecule has 0 amide bonds. The molecule has 0 aliphatic heterocycles. The summed E-state index contributed by atoms with van der Waals surface area (Å²) in [7, 11) is 0. The van der Waals surface area contributed by atoms with Crippen LogP contribution in [-0.4, -0.2) is 0 Å². The Labute approximate surface area is 37.6 Å². The summed E-state index contributed by atoms with van der Waals surface area (Å²) in [5.74, 6) is 7.61. The van der Waals surface area contributed by atoms with E-state index in [1.165, 1.54) is 6.26 Å². The van der Waals surface area contributed by atoms with Gasteiger partial charge in [0.2, 0.25) is 0 Å². The van der Waals surface area contributed by atoms with Crippen molar-refractivity contribution >= 4 is 0 Å². The van der Waals surface area contributed by atoms with Crippen LogP contribution in [0.5, 0.6) is 0 Å². The largest absolute Gasteiger partial charge is 0.376 e. The van der Waals surface area contributed by atoms with Gasteiger partial charge in [0.25, 0.3) is 0 Å². The standard InChI is InChI=1S/C4H7NO/c1-2-3-4-6-5/h3-4H,2H2,1H3/b4-3+. The van der Waals surface area contributed by atoms with Gasteiger partial charge in [0.05, 0.1) is 0 Å². The Balaban J connectivity index is 2.73. The van der Waals surface area contributed by atoms with Gasteiger partial charge < -0.3 is 4.84 Å². The van der Waals surface area contributed by atoms with Crippen molar-refractivity contribution in [1.29, 1.82) is 0 Å². The number of hydrogen-bond acceptors (Lipinski definition) is 1. The summed E-state index contributed by atoms with van der Waals surface area (Å²) in [6.07, 6.45) is 3.83. The van der Waals surface area contributed by atoms with Crippen LogP contribution in [0.15, 0.2) is 12.3 Å². The summed E-state index contributed by atoms with van der Waals surface area (Å²) >= 11 is 0. The van der Waals surface area contributed by atoms with Crippen molar-refractivity contribution in [2.75, 3.05) is 0 Å². The van der Waals surface area contributed by atoms with Gasteiger partial charge in [-0.3, -0.25) is 0 Å². The number of allylic oxidation sites excluding steroid dienone is 1. The Morgan fingerprint density at radius 2 is 2.50 bits per heavy atom. The molecule has 0 aliphatic rings. The number of hydrogen-bond donors (Lipinski definition) is 0. The summed E-state index contributed by atoms with van der Waals surface area (Å²) in [6, 6.07) is 0. The summed E-state index contributed by atoms with van der Waals surface area (Å²) in [6.45, 7) is 1.95. The third kappa shape index (κ3) is 3.50. The first kappa shape index (κ1) is 5.50. The molecule has 0 saturated heterocycles. The van der Waals surface area contributed by atoms with Crippen LogP contribution in [0.1, 0.15) is 13.3 Å². The molecule has 0 aliphatic carbocycles. The van der Waals surface area contributed by atoms with Gasteiger partial charge >= 0.3 is 0 Å². The Morgan fingerprint density at radius 3 is 2.67 bits per heavy atom. The third-order valence-electron chi connectivity index (χ3n) is 0.393. The zero-order valence-corrected chi connectivity index (χ0v) is 3.72. The summed E-state index contributed by atoms with van der Waals surface area (Å²) in [5.41, 5.74) is 0. The first-order chi connectivity index (χ1) is 2.91. The molecule has 0 aromatic rings. The lowest BCUT2D eigenvalue weighted by Crippen LogP contribution is -1.66. The lowest BCUT2D eigenvalue weighted by molar-refractivity contribution is 0.236. The molecule has 0 aromatic carbocycles. The normalized spacial score (nSPS) is 9.67. The fourth-order valence-corrected chi connectivity index (χ4v) is 0.139. The second-order valence-corrected chi connectivity index (χ2v) is 0.885. The molecule has 2 radical (unpaired) electrons. The summed E-state index contributed by atoms with van der Waals surface area (Å²) in [5, 5.41) is 0. The Hall–Kier alpha value is -0.500. The second-order valence-electron chi connectivity index (χ2n) is 0.885. The monoisotopic (exact) mass is 85.1 g/mol.